The Balaban J connectivity index is 1.74. The van der Waals surface area contributed by atoms with Gasteiger partial charge in [-0.25, -0.2) is 17.8 Å². The standard InChI is InChI=1S/C17H13ClFN3O3S2/c1-27(24,25)22-12-5-2-10(3-6-12)15-9-26-17(20-15)21-16(23)13-7-4-11(18)8-14(13)19/h2-9,22H,1H3,(H,20,21,23). The van der Waals surface area contributed by atoms with E-state index < -0.39 is 21.7 Å². The number of halogens is 2. The number of benzene rings is 2. The van der Waals surface area contributed by atoms with Gasteiger partial charge in [-0.1, -0.05) is 23.7 Å². The quantitative estimate of drug-likeness (QED) is 0.640. The maximum absolute atomic E-state index is 13.8. The van der Waals surface area contributed by atoms with E-state index in [4.69, 9.17) is 11.6 Å². The zero-order chi connectivity index (χ0) is 19.6. The summed E-state index contributed by atoms with van der Waals surface area (Å²) in [6.45, 7) is 0. The zero-order valence-electron chi connectivity index (χ0n) is 13.9. The van der Waals surface area contributed by atoms with E-state index in [2.05, 4.69) is 15.0 Å². The summed E-state index contributed by atoms with van der Waals surface area (Å²) in [5, 5.41) is 4.79. The average Bonchev–Trinajstić information content (AvgIpc) is 3.02. The molecule has 1 aromatic heterocycles. The third-order valence-corrected chi connectivity index (χ3v) is 4.98. The number of aromatic nitrogens is 1. The molecule has 0 unspecified atom stereocenters. The van der Waals surface area contributed by atoms with Gasteiger partial charge in [0.2, 0.25) is 10.0 Å². The van der Waals surface area contributed by atoms with Crippen molar-refractivity contribution in [2.75, 3.05) is 16.3 Å². The number of carbonyl (C=O) groups excluding carboxylic acids is 1. The molecule has 0 fully saturated rings. The van der Waals surface area contributed by atoms with Crippen LogP contribution in [0.15, 0.2) is 47.8 Å². The first-order chi connectivity index (χ1) is 12.7. The second-order valence-electron chi connectivity index (χ2n) is 5.57. The molecule has 0 bridgehead atoms. The summed E-state index contributed by atoms with van der Waals surface area (Å²) >= 11 is 6.87. The van der Waals surface area contributed by atoms with Crippen LogP contribution in [-0.2, 0) is 10.0 Å². The molecule has 1 amide bonds. The number of nitrogens with zero attached hydrogens (tertiary/aromatic N) is 1. The number of hydrogen-bond acceptors (Lipinski definition) is 5. The molecule has 0 aliphatic heterocycles. The molecule has 10 heteroatoms. The lowest BCUT2D eigenvalue weighted by molar-refractivity contribution is 0.102. The highest BCUT2D eigenvalue weighted by Crippen LogP contribution is 2.27. The topological polar surface area (TPSA) is 88.2 Å². The van der Waals surface area contributed by atoms with Crippen molar-refractivity contribution in [3.05, 3.63) is 64.2 Å². The minimum atomic E-state index is -3.35. The van der Waals surface area contributed by atoms with Crippen LogP contribution in [0.25, 0.3) is 11.3 Å². The number of carbonyl (C=O) groups is 1. The fourth-order valence-electron chi connectivity index (χ4n) is 2.22. The molecule has 0 saturated heterocycles. The smallest absolute Gasteiger partial charge is 0.260 e. The molecular weight excluding hydrogens is 413 g/mol. The first-order valence-corrected chi connectivity index (χ1v) is 10.7. The molecule has 0 aliphatic rings. The van der Waals surface area contributed by atoms with Crippen LogP contribution in [0.1, 0.15) is 10.4 Å². The third kappa shape index (κ3) is 5.03. The molecule has 6 nitrogen and oxygen atoms in total. The van der Waals surface area contributed by atoms with Crippen molar-refractivity contribution in [1.29, 1.82) is 0 Å². The number of sulfonamides is 1. The summed E-state index contributed by atoms with van der Waals surface area (Å²) in [5.41, 5.74) is 1.64. The molecular formula is C17H13ClFN3O3S2. The summed E-state index contributed by atoms with van der Waals surface area (Å²) < 4.78 is 38.6. The van der Waals surface area contributed by atoms with E-state index in [-0.39, 0.29) is 10.6 Å². The van der Waals surface area contributed by atoms with Gasteiger partial charge in [0.05, 0.1) is 17.5 Å². The molecule has 0 spiro atoms. The molecule has 2 N–H and O–H groups in total. The largest absolute Gasteiger partial charge is 0.298 e. The van der Waals surface area contributed by atoms with Crippen molar-refractivity contribution < 1.29 is 17.6 Å². The van der Waals surface area contributed by atoms with Crippen molar-refractivity contribution in [3.8, 4) is 11.3 Å². The second kappa shape index (κ2) is 7.63. The Morgan fingerprint density at radius 2 is 1.89 bits per heavy atom. The van der Waals surface area contributed by atoms with Crippen molar-refractivity contribution in [3.63, 3.8) is 0 Å². The predicted octanol–water partition coefficient (Wildman–Crippen LogP) is 4.23. The van der Waals surface area contributed by atoms with Gasteiger partial charge in [-0.3, -0.25) is 14.8 Å². The number of anilines is 2. The maximum Gasteiger partial charge on any atom is 0.260 e. The highest BCUT2D eigenvalue weighted by atomic mass is 35.5. The summed E-state index contributed by atoms with van der Waals surface area (Å²) in [6, 6.07) is 10.4. The van der Waals surface area contributed by atoms with E-state index in [1.165, 1.54) is 23.5 Å². The van der Waals surface area contributed by atoms with Gasteiger partial charge in [0.25, 0.3) is 5.91 Å². The molecule has 1 heterocycles. The number of hydrogen-bond donors (Lipinski definition) is 2. The second-order valence-corrected chi connectivity index (χ2v) is 8.61. The normalized spacial score (nSPS) is 11.2. The number of rotatable bonds is 5. The lowest BCUT2D eigenvalue weighted by Gasteiger charge is -2.04. The summed E-state index contributed by atoms with van der Waals surface area (Å²) in [4.78, 5) is 16.5. The predicted molar refractivity (Wildman–Crippen MR) is 105 cm³/mol. The molecule has 0 radical (unpaired) electrons. The zero-order valence-corrected chi connectivity index (χ0v) is 16.3. The summed E-state index contributed by atoms with van der Waals surface area (Å²) in [7, 11) is -3.35. The van der Waals surface area contributed by atoms with Crippen LogP contribution in [0.5, 0.6) is 0 Å². The van der Waals surface area contributed by atoms with Crippen molar-refractivity contribution in [2.45, 2.75) is 0 Å². The van der Waals surface area contributed by atoms with Gasteiger partial charge in [-0.15, -0.1) is 11.3 Å². The van der Waals surface area contributed by atoms with Gasteiger partial charge in [0.1, 0.15) is 5.82 Å². The first kappa shape index (κ1) is 19.3. The van der Waals surface area contributed by atoms with Crippen LogP contribution in [0.3, 0.4) is 0 Å². The lowest BCUT2D eigenvalue weighted by Crippen LogP contribution is -2.13. The molecule has 3 rings (SSSR count). The van der Waals surface area contributed by atoms with E-state index in [1.54, 1.807) is 29.6 Å². The summed E-state index contributed by atoms with van der Waals surface area (Å²) in [6.07, 6.45) is 1.07. The monoisotopic (exact) mass is 425 g/mol. The van der Waals surface area contributed by atoms with E-state index in [0.29, 0.717) is 16.5 Å². The molecule has 2 aromatic carbocycles. The molecule has 140 valence electrons. The van der Waals surface area contributed by atoms with Crippen LogP contribution in [0, 0.1) is 5.82 Å². The first-order valence-electron chi connectivity index (χ1n) is 7.51. The number of nitrogens with one attached hydrogen (secondary N) is 2. The Morgan fingerprint density at radius 1 is 1.19 bits per heavy atom. The van der Waals surface area contributed by atoms with Crippen molar-refractivity contribution in [1.82, 2.24) is 4.98 Å². The van der Waals surface area contributed by atoms with Crippen LogP contribution in [0.4, 0.5) is 15.2 Å². The van der Waals surface area contributed by atoms with E-state index >= 15 is 0 Å². The highest BCUT2D eigenvalue weighted by Gasteiger charge is 2.14. The third-order valence-electron chi connectivity index (χ3n) is 3.38. The van der Waals surface area contributed by atoms with E-state index in [0.717, 1.165) is 17.9 Å². The van der Waals surface area contributed by atoms with Gasteiger partial charge in [0.15, 0.2) is 5.13 Å². The summed E-state index contributed by atoms with van der Waals surface area (Å²) in [5.74, 6) is -1.34. The van der Waals surface area contributed by atoms with Crippen molar-refractivity contribution >= 4 is 49.7 Å². The van der Waals surface area contributed by atoms with Crippen molar-refractivity contribution in [2.24, 2.45) is 0 Å². The SMILES string of the molecule is CS(=O)(=O)Nc1ccc(-c2csc(NC(=O)c3ccc(Cl)cc3F)n2)cc1. The maximum atomic E-state index is 13.8. The Morgan fingerprint density at radius 3 is 2.52 bits per heavy atom. The van der Waals surface area contributed by atoms with E-state index in [9.17, 15) is 17.6 Å². The molecule has 27 heavy (non-hydrogen) atoms. The van der Waals surface area contributed by atoms with Gasteiger partial charge in [-0.05, 0) is 30.3 Å². The average molecular weight is 426 g/mol. The minimum absolute atomic E-state index is 0.132. The van der Waals surface area contributed by atoms with Gasteiger partial charge in [-0.2, -0.15) is 0 Å². The highest BCUT2D eigenvalue weighted by molar-refractivity contribution is 7.92. The fourth-order valence-corrected chi connectivity index (χ4v) is 3.66. The Bertz CT molecular complexity index is 1100. The molecule has 0 aliphatic carbocycles. The number of amides is 1. The molecule has 0 atom stereocenters. The van der Waals surface area contributed by atoms with Gasteiger partial charge in [0, 0.05) is 21.7 Å². The van der Waals surface area contributed by atoms with Crippen LogP contribution >= 0.6 is 22.9 Å². The molecule has 3 aromatic rings. The van der Waals surface area contributed by atoms with Crippen LogP contribution in [0.2, 0.25) is 5.02 Å². The Hall–Kier alpha value is -2.49. The Kier molecular flexibility index (Phi) is 5.45. The van der Waals surface area contributed by atoms with Crippen LogP contribution < -0.4 is 10.0 Å². The van der Waals surface area contributed by atoms with Gasteiger partial charge < -0.3 is 0 Å². The Labute approximate surface area is 164 Å². The molecule has 0 saturated carbocycles. The van der Waals surface area contributed by atoms with Gasteiger partial charge >= 0.3 is 0 Å². The van der Waals surface area contributed by atoms with Crippen LogP contribution in [-0.4, -0.2) is 25.6 Å². The minimum Gasteiger partial charge on any atom is -0.298 e. The number of thiazole rings is 1. The van der Waals surface area contributed by atoms with E-state index in [1.807, 2.05) is 0 Å². The lowest BCUT2D eigenvalue weighted by atomic mass is 10.1. The fraction of sp³-hybridized carbons (Fsp3) is 0.0588.